The van der Waals surface area contributed by atoms with Gasteiger partial charge in [0.05, 0.1) is 0 Å². The summed E-state index contributed by atoms with van der Waals surface area (Å²) in [5.74, 6) is 0.000737. The van der Waals surface area contributed by atoms with Gasteiger partial charge >= 0.3 is 5.69 Å². The molecule has 21 heavy (non-hydrogen) atoms. The highest BCUT2D eigenvalue weighted by Crippen LogP contribution is 2.10. The zero-order valence-corrected chi connectivity index (χ0v) is 12.5. The van der Waals surface area contributed by atoms with Crippen molar-refractivity contribution < 1.29 is 4.79 Å². The van der Waals surface area contributed by atoms with Gasteiger partial charge in [-0.05, 0) is 12.8 Å². The number of carbonyl (C=O) groups excluding carboxylic acids is 1. The molecule has 0 saturated heterocycles. The van der Waals surface area contributed by atoms with Crippen LogP contribution in [0, 0.1) is 0 Å². The molecule has 0 aliphatic rings. The number of rotatable bonds is 8. The third kappa shape index (κ3) is 4.66. The zero-order valence-electron chi connectivity index (χ0n) is 12.5. The normalized spacial score (nSPS) is 10.4. The standard InChI is InChI=1S/C13H23N5O3/c1-3-6-15-9(19)5-7-16-10-11(14)18(8-4-2)13(21)17-12(10)20/h16H,3-8,14H2,1-2H3,(H,15,19)(H,17,20,21). The lowest BCUT2D eigenvalue weighted by molar-refractivity contribution is -0.120. The summed E-state index contributed by atoms with van der Waals surface area (Å²) in [5.41, 5.74) is 4.89. The largest absolute Gasteiger partial charge is 0.383 e. The number of nitrogens with one attached hydrogen (secondary N) is 3. The lowest BCUT2D eigenvalue weighted by atomic mass is 10.3. The van der Waals surface area contributed by atoms with Gasteiger partial charge in [0.25, 0.3) is 5.56 Å². The van der Waals surface area contributed by atoms with Gasteiger partial charge in [0, 0.05) is 26.1 Å². The van der Waals surface area contributed by atoms with Crippen molar-refractivity contribution in [2.24, 2.45) is 0 Å². The van der Waals surface area contributed by atoms with Crippen molar-refractivity contribution in [2.75, 3.05) is 24.1 Å². The van der Waals surface area contributed by atoms with E-state index in [-0.39, 0.29) is 30.4 Å². The number of aromatic nitrogens is 2. The van der Waals surface area contributed by atoms with E-state index in [0.29, 0.717) is 13.1 Å². The van der Waals surface area contributed by atoms with Crippen molar-refractivity contribution in [3.05, 3.63) is 20.8 Å². The van der Waals surface area contributed by atoms with Crippen LogP contribution in [0.1, 0.15) is 33.1 Å². The van der Waals surface area contributed by atoms with Crippen molar-refractivity contribution in [3.8, 4) is 0 Å². The summed E-state index contributed by atoms with van der Waals surface area (Å²) < 4.78 is 1.31. The second-order valence-corrected chi connectivity index (χ2v) is 4.70. The number of nitrogens with zero attached hydrogens (tertiary/aromatic N) is 1. The summed E-state index contributed by atoms with van der Waals surface area (Å²) in [6, 6.07) is 0. The van der Waals surface area contributed by atoms with Crippen LogP contribution in [0.3, 0.4) is 0 Å². The predicted molar refractivity (Wildman–Crippen MR) is 82.4 cm³/mol. The van der Waals surface area contributed by atoms with Gasteiger partial charge in [0.1, 0.15) is 11.5 Å². The molecule has 0 bridgehead atoms. The molecule has 0 saturated carbocycles. The first kappa shape index (κ1) is 16.8. The van der Waals surface area contributed by atoms with E-state index >= 15 is 0 Å². The van der Waals surface area contributed by atoms with Crippen molar-refractivity contribution >= 4 is 17.4 Å². The maximum Gasteiger partial charge on any atom is 0.330 e. The van der Waals surface area contributed by atoms with Gasteiger partial charge in [0.2, 0.25) is 5.91 Å². The molecule has 0 spiro atoms. The first-order chi connectivity index (χ1) is 10.0. The number of aromatic amines is 1. The molecule has 1 amide bonds. The molecule has 118 valence electrons. The van der Waals surface area contributed by atoms with Gasteiger partial charge in [-0.2, -0.15) is 0 Å². The quantitative estimate of drug-likeness (QED) is 0.532. The average Bonchev–Trinajstić information content (AvgIpc) is 2.44. The van der Waals surface area contributed by atoms with Crippen LogP contribution >= 0.6 is 0 Å². The molecular formula is C13H23N5O3. The average molecular weight is 297 g/mol. The molecule has 8 nitrogen and oxygen atoms in total. The third-order valence-electron chi connectivity index (χ3n) is 2.91. The SMILES string of the molecule is CCCNC(=O)CCNc1c(N)n(CCC)c(=O)[nH]c1=O. The summed E-state index contributed by atoms with van der Waals surface area (Å²) in [4.78, 5) is 37.1. The maximum absolute atomic E-state index is 11.8. The molecule has 1 aromatic heterocycles. The lowest BCUT2D eigenvalue weighted by Gasteiger charge is -2.13. The van der Waals surface area contributed by atoms with E-state index in [1.165, 1.54) is 4.57 Å². The number of H-pyrrole nitrogens is 1. The molecule has 5 N–H and O–H groups in total. The Kier molecular flexibility index (Phi) is 6.51. The maximum atomic E-state index is 11.8. The van der Waals surface area contributed by atoms with Gasteiger partial charge in [-0.15, -0.1) is 0 Å². The number of hydrogen-bond donors (Lipinski definition) is 4. The van der Waals surface area contributed by atoms with Gasteiger partial charge < -0.3 is 16.4 Å². The van der Waals surface area contributed by atoms with Gasteiger partial charge in [0.15, 0.2) is 0 Å². The van der Waals surface area contributed by atoms with E-state index < -0.39 is 11.2 Å². The summed E-state index contributed by atoms with van der Waals surface area (Å²) in [7, 11) is 0. The number of carbonyl (C=O) groups is 1. The molecular weight excluding hydrogens is 274 g/mol. The first-order valence-electron chi connectivity index (χ1n) is 7.14. The van der Waals surface area contributed by atoms with Gasteiger partial charge in [-0.3, -0.25) is 19.1 Å². The fraction of sp³-hybridized carbons (Fsp3) is 0.615. The molecule has 1 aromatic rings. The molecule has 0 radical (unpaired) electrons. The fourth-order valence-corrected chi connectivity index (χ4v) is 1.86. The summed E-state index contributed by atoms with van der Waals surface area (Å²) in [5, 5.41) is 5.56. The number of anilines is 2. The minimum Gasteiger partial charge on any atom is -0.383 e. The smallest absolute Gasteiger partial charge is 0.330 e. The Balaban J connectivity index is 2.75. The topological polar surface area (TPSA) is 122 Å². The number of nitrogens with two attached hydrogens (primary N) is 1. The zero-order chi connectivity index (χ0) is 15.8. The monoisotopic (exact) mass is 297 g/mol. The molecule has 0 aliphatic carbocycles. The van der Waals surface area contributed by atoms with Crippen LogP contribution in [0.2, 0.25) is 0 Å². The first-order valence-corrected chi connectivity index (χ1v) is 7.14. The van der Waals surface area contributed by atoms with Gasteiger partial charge in [-0.25, -0.2) is 4.79 Å². The fourth-order valence-electron chi connectivity index (χ4n) is 1.86. The number of nitrogen functional groups attached to an aromatic ring is 1. The highest BCUT2D eigenvalue weighted by Gasteiger charge is 2.11. The van der Waals surface area contributed by atoms with Crippen LogP contribution < -0.4 is 27.6 Å². The second-order valence-electron chi connectivity index (χ2n) is 4.70. The highest BCUT2D eigenvalue weighted by molar-refractivity contribution is 5.76. The number of hydrogen-bond acceptors (Lipinski definition) is 5. The van der Waals surface area contributed by atoms with E-state index in [2.05, 4.69) is 15.6 Å². The Bertz CT molecular complexity index is 590. The predicted octanol–water partition coefficient (Wildman–Crippen LogP) is -0.143. The van der Waals surface area contributed by atoms with E-state index in [1.807, 2.05) is 13.8 Å². The minimum atomic E-state index is -0.571. The third-order valence-corrected chi connectivity index (χ3v) is 2.91. The van der Waals surface area contributed by atoms with Crippen LogP contribution in [0.5, 0.6) is 0 Å². The Morgan fingerprint density at radius 1 is 1.24 bits per heavy atom. The molecule has 1 heterocycles. The number of amides is 1. The highest BCUT2D eigenvalue weighted by atomic mass is 16.2. The molecule has 0 atom stereocenters. The molecule has 0 fully saturated rings. The van der Waals surface area contributed by atoms with Crippen molar-refractivity contribution in [1.82, 2.24) is 14.9 Å². The van der Waals surface area contributed by atoms with Crippen LogP contribution in [0.4, 0.5) is 11.5 Å². The minimum absolute atomic E-state index is 0.0961. The molecule has 0 aromatic carbocycles. The van der Waals surface area contributed by atoms with Gasteiger partial charge in [-0.1, -0.05) is 13.8 Å². The Labute approximate surface area is 122 Å². The molecule has 1 rings (SSSR count). The van der Waals surface area contributed by atoms with Crippen molar-refractivity contribution in [1.29, 1.82) is 0 Å². The van der Waals surface area contributed by atoms with Crippen LogP contribution in [0.15, 0.2) is 9.59 Å². The summed E-state index contributed by atoms with van der Waals surface area (Å²) >= 11 is 0. The van der Waals surface area contributed by atoms with E-state index in [1.54, 1.807) is 0 Å². The van der Waals surface area contributed by atoms with E-state index in [4.69, 9.17) is 5.73 Å². The van der Waals surface area contributed by atoms with Crippen molar-refractivity contribution in [2.45, 2.75) is 39.7 Å². The van der Waals surface area contributed by atoms with Crippen LogP contribution in [-0.4, -0.2) is 28.5 Å². The second kappa shape index (κ2) is 8.13. The van der Waals surface area contributed by atoms with Crippen LogP contribution in [0.25, 0.3) is 0 Å². The van der Waals surface area contributed by atoms with Crippen LogP contribution in [-0.2, 0) is 11.3 Å². The summed E-state index contributed by atoms with van der Waals surface area (Å²) in [6.45, 7) is 5.20. The molecule has 0 unspecified atom stereocenters. The lowest BCUT2D eigenvalue weighted by Crippen LogP contribution is -2.34. The Hall–Kier alpha value is -2.25. The molecule has 8 heteroatoms. The molecule has 0 aliphatic heterocycles. The Morgan fingerprint density at radius 2 is 1.95 bits per heavy atom. The van der Waals surface area contributed by atoms with E-state index in [0.717, 1.165) is 12.8 Å². The Morgan fingerprint density at radius 3 is 2.57 bits per heavy atom. The summed E-state index contributed by atoms with van der Waals surface area (Å²) in [6.07, 6.45) is 1.81. The van der Waals surface area contributed by atoms with Crippen molar-refractivity contribution in [3.63, 3.8) is 0 Å². The van der Waals surface area contributed by atoms with E-state index in [9.17, 15) is 14.4 Å².